The Balaban J connectivity index is 1.84. The van der Waals surface area contributed by atoms with Gasteiger partial charge in [-0.05, 0) is 36.8 Å². The number of aromatic nitrogens is 3. The molecule has 0 spiro atoms. The van der Waals surface area contributed by atoms with Crippen molar-refractivity contribution < 1.29 is 4.74 Å². The van der Waals surface area contributed by atoms with Crippen molar-refractivity contribution in [3.63, 3.8) is 0 Å². The van der Waals surface area contributed by atoms with Crippen molar-refractivity contribution in [2.75, 3.05) is 6.61 Å². The summed E-state index contributed by atoms with van der Waals surface area (Å²) < 4.78 is 6.92. The van der Waals surface area contributed by atoms with Crippen molar-refractivity contribution in [3.05, 3.63) is 50.1 Å². The Morgan fingerprint density at radius 2 is 2.00 bits per heavy atom. The maximum atomic E-state index is 11.7. The third kappa shape index (κ3) is 7.27. The molecule has 0 amide bonds. The highest BCUT2D eigenvalue weighted by atomic mass is 35.5. The second kappa shape index (κ2) is 11.7. The van der Waals surface area contributed by atoms with Crippen LogP contribution in [-0.2, 0) is 0 Å². The Hall–Kier alpha value is -1.99. The van der Waals surface area contributed by atoms with Gasteiger partial charge < -0.3 is 4.74 Å². The summed E-state index contributed by atoms with van der Waals surface area (Å²) in [4.78, 5) is 11.7. The van der Waals surface area contributed by atoms with Crippen molar-refractivity contribution in [2.45, 2.75) is 51.9 Å². The Labute approximate surface area is 169 Å². The molecule has 0 saturated heterocycles. The highest BCUT2D eigenvalue weighted by Crippen LogP contribution is 2.22. The largest absolute Gasteiger partial charge is 0.494 e. The van der Waals surface area contributed by atoms with Crippen LogP contribution in [0.3, 0.4) is 0 Å². The van der Waals surface area contributed by atoms with Crippen LogP contribution >= 0.6 is 23.8 Å². The fourth-order valence-electron chi connectivity index (χ4n) is 2.53. The number of halogens is 1. The molecule has 1 heterocycles. The van der Waals surface area contributed by atoms with Crippen molar-refractivity contribution in [3.8, 4) is 5.75 Å². The summed E-state index contributed by atoms with van der Waals surface area (Å²) in [7, 11) is 0. The minimum Gasteiger partial charge on any atom is -0.494 e. The number of unbranched alkanes of at least 4 members (excludes halogenated alkanes) is 6. The summed E-state index contributed by atoms with van der Waals surface area (Å²) in [6.07, 6.45) is 11.3. The Kier molecular flexibility index (Phi) is 9.21. The number of aromatic amines is 1. The molecule has 2 rings (SSSR count). The summed E-state index contributed by atoms with van der Waals surface area (Å²) in [6, 6.07) is 5.38. The van der Waals surface area contributed by atoms with Gasteiger partial charge in [0.25, 0.3) is 5.56 Å². The van der Waals surface area contributed by atoms with Gasteiger partial charge in [0.15, 0.2) is 0 Å². The molecule has 6 nitrogen and oxygen atoms in total. The third-order valence-electron chi connectivity index (χ3n) is 4.04. The SMILES string of the molecule is CCCCCCCCCOc1ccc(/C=N\n2c(=O)cn[nH]c2=S)c(Cl)c1. The van der Waals surface area contributed by atoms with Crippen LogP contribution in [0.5, 0.6) is 5.75 Å². The van der Waals surface area contributed by atoms with Gasteiger partial charge in [0.05, 0.1) is 17.8 Å². The predicted molar refractivity (Wildman–Crippen MR) is 112 cm³/mol. The van der Waals surface area contributed by atoms with E-state index in [1.165, 1.54) is 44.7 Å². The highest BCUT2D eigenvalue weighted by Gasteiger charge is 2.02. The first-order valence-electron chi connectivity index (χ1n) is 9.25. The van der Waals surface area contributed by atoms with E-state index in [4.69, 9.17) is 28.6 Å². The zero-order chi connectivity index (χ0) is 19.5. The molecule has 27 heavy (non-hydrogen) atoms. The van der Waals surface area contributed by atoms with E-state index in [1.54, 1.807) is 12.1 Å². The van der Waals surface area contributed by atoms with Crippen molar-refractivity contribution in [2.24, 2.45) is 5.10 Å². The van der Waals surface area contributed by atoms with Crippen LogP contribution in [0.25, 0.3) is 0 Å². The van der Waals surface area contributed by atoms with Crippen molar-refractivity contribution in [1.82, 2.24) is 14.9 Å². The lowest BCUT2D eigenvalue weighted by Crippen LogP contribution is -2.18. The van der Waals surface area contributed by atoms with Crippen LogP contribution in [0.1, 0.15) is 57.4 Å². The number of hydrogen-bond acceptors (Lipinski definition) is 5. The molecule has 8 heteroatoms. The molecule has 0 radical (unpaired) electrons. The van der Waals surface area contributed by atoms with E-state index in [-0.39, 0.29) is 4.77 Å². The van der Waals surface area contributed by atoms with Crippen LogP contribution in [0.2, 0.25) is 5.02 Å². The van der Waals surface area contributed by atoms with Gasteiger partial charge in [-0.15, -0.1) is 0 Å². The third-order valence-corrected chi connectivity index (χ3v) is 4.63. The number of nitrogens with zero attached hydrogens (tertiary/aromatic N) is 3. The lowest BCUT2D eigenvalue weighted by atomic mass is 10.1. The summed E-state index contributed by atoms with van der Waals surface area (Å²) in [6.45, 7) is 2.91. The fourth-order valence-corrected chi connectivity index (χ4v) is 2.93. The molecular formula is C19H25ClN4O2S. The molecule has 1 N–H and O–H groups in total. The van der Waals surface area contributed by atoms with Gasteiger partial charge in [-0.25, -0.2) is 0 Å². The van der Waals surface area contributed by atoms with Crippen LogP contribution in [-0.4, -0.2) is 27.7 Å². The second-order valence-electron chi connectivity index (χ2n) is 6.22. The molecule has 0 unspecified atom stereocenters. The molecule has 0 atom stereocenters. The minimum atomic E-state index is -0.416. The van der Waals surface area contributed by atoms with Crippen LogP contribution in [0, 0.1) is 4.77 Å². The van der Waals surface area contributed by atoms with Gasteiger partial charge in [0.2, 0.25) is 4.77 Å². The predicted octanol–water partition coefficient (Wildman–Crippen LogP) is 4.97. The molecule has 0 aliphatic carbocycles. The molecule has 0 bridgehead atoms. The summed E-state index contributed by atoms with van der Waals surface area (Å²) in [5.74, 6) is 0.724. The molecule has 1 aromatic carbocycles. The first-order chi connectivity index (χ1) is 13.1. The minimum absolute atomic E-state index is 0.115. The number of H-pyrrole nitrogens is 1. The van der Waals surface area contributed by atoms with E-state index in [9.17, 15) is 4.79 Å². The number of ether oxygens (including phenoxy) is 1. The second-order valence-corrected chi connectivity index (χ2v) is 7.02. The van der Waals surface area contributed by atoms with Gasteiger partial charge in [-0.3, -0.25) is 9.89 Å². The number of benzene rings is 1. The van der Waals surface area contributed by atoms with E-state index in [1.807, 2.05) is 6.07 Å². The van der Waals surface area contributed by atoms with Gasteiger partial charge in [0.1, 0.15) is 11.9 Å². The zero-order valence-electron chi connectivity index (χ0n) is 15.5. The van der Waals surface area contributed by atoms with E-state index >= 15 is 0 Å². The Morgan fingerprint density at radius 1 is 1.26 bits per heavy atom. The number of hydrogen-bond donors (Lipinski definition) is 1. The zero-order valence-corrected chi connectivity index (χ0v) is 17.1. The molecule has 0 fully saturated rings. The van der Waals surface area contributed by atoms with Gasteiger partial charge in [-0.1, -0.05) is 57.0 Å². The molecule has 0 aliphatic rings. The molecule has 2 aromatic rings. The van der Waals surface area contributed by atoms with Crippen LogP contribution in [0.4, 0.5) is 0 Å². The number of nitrogens with one attached hydrogen (secondary N) is 1. The Morgan fingerprint density at radius 3 is 2.70 bits per heavy atom. The van der Waals surface area contributed by atoms with Crippen molar-refractivity contribution in [1.29, 1.82) is 0 Å². The van der Waals surface area contributed by atoms with Gasteiger partial charge >= 0.3 is 0 Å². The lowest BCUT2D eigenvalue weighted by Gasteiger charge is -2.08. The highest BCUT2D eigenvalue weighted by molar-refractivity contribution is 7.71. The molecule has 0 aliphatic heterocycles. The van der Waals surface area contributed by atoms with Crippen molar-refractivity contribution >= 4 is 30.0 Å². The normalized spacial score (nSPS) is 11.2. The smallest absolute Gasteiger partial charge is 0.293 e. The molecule has 146 valence electrons. The van der Waals surface area contributed by atoms with E-state index in [0.717, 1.165) is 23.0 Å². The van der Waals surface area contributed by atoms with Gasteiger partial charge in [0, 0.05) is 5.56 Å². The Bertz CT molecular complexity index is 835. The average molecular weight is 409 g/mol. The number of rotatable bonds is 11. The van der Waals surface area contributed by atoms with E-state index in [0.29, 0.717) is 17.2 Å². The quantitative estimate of drug-likeness (QED) is 0.324. The molecule has 1 aromatic heterocycles. The maximum Gasteiger partial charge on any atom is 0.293 e. The van der Waals surface area contributed by atoms with E-state index in [2.05, 4.69) is 22.2 Å². The topological polar surface area (TPSA) is 72.3 Å². The molecular weight excluding hydrogens is 384 g/mol. The standard InChI is InChI=1S/C19H25ClN4O2S/c1-2-3-4-5-6-7-8-11-26-16-10-9-15(17(20)12-16)13-22-24-18(25)14-21-23-19(24)27/h9-10,12-14H,2-8,11H2,1H3,(H,23,27)/b22-13-. The molecule has 0 saturated carbocycles. The summed E-state index contributed by atoms with van der Waals surface area (Å²) >= 11 is 11.3. The van der Waals surface area contributed by atoms with Crippen LogP contribution in [0.15, 0.2) is 34.3 Å². The first-order valence-corrected chi connectivity index (χ1v) is 10.0. The summed E-state index contributed by atoms with van der Waals surface area (Å²) in [5, 5.41) is 10.7. The fraction of sp³-hybridized carbons (Fsp3) is 0.474. The van der Waals surface area contributed by atoms with E-state index < -0.39 is 5.56 Å². The first kappa shape index (κ1) is 21.3. The van der Waals surface area contributed by atoms with Crippen LogP contribution < -0.4 is 10.3 Å². The monoisotopic (exact) mass is 408 g/mol. The average Bonchev–Trinajstić information content (AvgIpc) is 2.65. The lowest BCUT2D eigenvalue weighted by molar-refractivity contribution is 0.304. The maximum absolute atomic E-state index is 11.7. The summed E-state index contributed by atoms with van der Waals surface area (Å²) in [5.41, 5.74) is 0.249. The van der Waals surface area contributed by atoms with Gasteiger partial charge in [-0.2, -0.15) is 14.9 Å².